The maximum absolute atomic E-state index is 13.5. The Morgan fingerprint density at radius 2 is 2.00 bits per heavy atom. The zero-order chi connectivity index (χ0) is 13.7. The lowest BCUT2D eigenvalue weighted by molar-refractivity contribution is -0.138. The molecule has 0 aliphatic heterocycles. The van der Waals surface area contributed by atoms with Gasteiger partial charge < -0.3 is 5.11 Å². The molecular formula is C15H20FNO2. The van der Waals surface area contributed by atoms with Crippen LogP contribution in [0, 0.1) is 5.82 Å². The van der Waals surface area contributed by atoms with Gasteiger partial charge in [0.05, 0.1) is 6.54 Å². The van der Waals surface area contributed by atoms with Gasteiger partial charge in [0.25, 0.3) is 0 Å². The van der Waals surface area contributed by atoms with Crippen LogP contribution in [0.15, 0.2) is 24.3 Å². The largest absolute Gasteiger partial charge is 0.480 e. The molecule has 0 saturated heterocycles. The summed E-state index contributed by atoms with van der Waals surface area (Å²) >= 11 is 0. The van der Waals surface area contributed by atoms with E-state index < -0.39 is 5.97 Å². The molecule has 0 bridgehead atoms. The summed E-state index contributed by atoms with van der Waals surface area (Å²) in [6.45, 7) is 0.664. The minimum absolute atomic E-state index is 0.0547. The van der Waals surface area contributed by atoms with E-state index >= 15 is 0 Å². The maximum Gasteiger partial charge on any atom is 0.317 e. The fourth-order valence-electron chi connectivity index (χ4n) is 2.80. The van der Waals surface area contributed by atoms with Gasteiger partial charge >= 0.3 is 5.97 Å². The van der Waals surface area contributed by atoms with Crippen LogP contribution in [0.2, 0.25) is 0 Å². The SMILES string of the molecule is O=C(O)CN(CCc1ccccc1F)C1CCCC1. The van der Waals surface area contributed by atoms with Crippen LogP contribution < -0.4 is 0 Å². The van der Waals surface area contributed by atoms with Gasteiger partial charge in [-0.3, -0.25) is 9.69 Å². The summed E-state index contributed by atoms with van der Waals surface area (Å²) in [5, 5.41) is 8.98. The number of benzene rings is 1. The average molecular weight is 265 g/mol. The molecule has 0 amide bonds. The molecule has 4 heteroatoms. The van der Waals surface area contributed by atoms with Gasteiger partial charge in [0.15, 0.2) is 0 Å². The Hall–Kier alpha value is -1.42. The summed E-state index contributed by atoms with van der Waals surface area (Å²) in [5.74, 6) is -1.01. The Morgan fingerprint density at radius 3 is 2.63 bits per heavy atom. The molecule has 104 valence electrons. The third kappa shape index (κ3) is 4.03. The standard InChI is InChI=1S/C15H20FNO2/c16-14-8-4-1-5-12(14)9-10-17(11-15(18)19)13-6-2-3-7-13/h1,4-5,8,13H,2-3,6-7,9-11H2,(H,18,19). The van der Waals surface area contributed by atoms with Crippen molar-refractivity contribution in [3.63, 3.8) is 0 Å². The Kier molecular flexibility index (Phi) is 4.91. The molecule has 1 fully saturated rings. The number of halogens is 1. The minimum Gasteiger partial charge on any atom is -0.480 e. The van der Waals surface area contributed by atoms with Gasteiger partial charge in [-0.15, -0.1) is 0 Å². The highest BCUT2D eigenvalue weighted by atomic mass is 19.1. The number of carboxylic acid groups (broad SMARTS) is 1. The molecule has 19 heavy (non-hydrogen) atoms. The van der Waals surface area contributed by atoms with E-state index in [9.17, 15) is 9.18 Å². The second-order valence-corrected chi connectivity index (χ2v) is 5.14. The van der Waals surface area contributed by atoms with Crippen LogP contribution in [0.1, 0.15) is 31.2 Å². The normalized spacial score (nSPS) is 16.1. The molecule has 1 saturated carbocycles. The highest BCUT2D eigenvalue weighted by Gasteiger charge is 2.24. The van der Waals surface area contributed by atoms with Crippen molar-refractivity contribution >= 4 is 5.97 Å². The molecule has 1 aromatic carbocycles. The van der Waals surface area contributed by atoms with E-state index in [4.69, 9.17) is 5.11 Å². The number of rotatable bonds is 6. The van der Waals surface area contributed by atoms with E-state index in [0.29, 0.717) is 24.6 Å². The van der Waals surface area contributed by atoms with Gasteiger partial charge in [-0.2, -0.15) is 0 Å². The highest BCUT2D eigenvalue weighted by molar-refractivity contribution is 5.69. The highest BCUT2D eigenvalue weighted by Crippen LogP contribution is 2.23. The smallest absolute Gasteiger partial charge is 0.317 e. The van der Waals surface area contributed by atoms with Crippen molar-refractivity contribution in [2.24, 2.45) is 0 Å². The molecule has 0 radical (unpaired) electrons. The fourth-order valence-corrected chi connectivity index (χ4v) is 2.80. The second kappa shape index (κ2) is 6.66. The predicted molar refractivity (Wildman–Crippen MR) is 71.6 cm³/mol. The lowest BCUT2D eigenvalue weighted by atomic mass is 10.1. The number of carbonyl (C=O) groups is 1. The van der Waals surface area contributed by atoms with Crippen molar-refractivity contribution < 1.29 is 14.3 Å². The first-order chi connectivity index (χ1) is 9.16. The van der Waals surface area contributed by atoms with Gasteiger partial charge in [0, 0.05) is 12.6 Å². The van der Waals surface area contributed by atoms with Crippen molar-refractivity contribution in [3.05, 3.63) is 35.6 Å². The topological polar surface area (TPSA) is 40.5 Å². The fraction of sp³-hybridized carbons (Fsp3) is 0.533. The van der Waals surface area contributed by atoms with Gasteiger partial charge in [-0.1, -0.05) is 31.0 Å². The van der Waals surface area contributed by atoms with Gasteiger partial charge in [-0.25, -0.2) is 4.39 Å². The summed E-state index contributed by atoms with van der Waals surface area (Å²) in [6, 6.07) is 7.05. The Balaban J connectivity index is 1.96. The molecule has 3 nitrogen and oxygen atoms in total. The van der Waals surface area contributed by atoms with Crippen LogP contribution in [0.4, 0.5) is 4.39 Å². The zero-order valence-corrected chi connectivity index (χ0v) is 11.0. The minimum atomic E-state index is -0.805. The van der Waals surface area contributed by atoms with Crippen molar-refractivity contribution in [2.75, 3.05) is 13.1 Å². The number of nitrogens with zero attached hydrogens (tertiary/aromatic N) is 1. The molecule has 1 aromatic rings. The number of carboxylic acids is 1. The van der Waals surface area contributed by atoms with Crippen molar-refractivity contribution in [1.82, 2.24) is 4.90 Å². The van der Waals surface area contributed by atoms with E-state index in [1.165, 1.54) is 18.9 Å². The summed E-state index contributed by atoms with van der Waals surface area (Å²) in [5.41, 5.74) is 0.663. The van der Waals surface area contributed by atoms with E-state index in [1.807, 2.05) is 11.0 Å². The van der Waals surface area contributed by atoms with Gasteiger partial charge in [-0.05, 0) is 30.9 Å². The Morgan fingerprint density at radius 1 is 1.32 bits per heavy atom. The number of hydrogen-bond donors (Lipinski definition) is 1. The van der Waals surface area contributed by atoms with Crippen LogP contribution in [0.5, 0.6) is 0 Å². The summed E-state index contributed by atoms with van der Waals surface area (Å²) in [6.07, 6.45) is 5.02. The first-order valence-electron chi connectivity index (χ1n) is 6.86. The first-order valence-corrected chi connectivity index (χ1v) is 6.86. The average Bonchev–Trinajstić information content (AvgIpc) is 2.89. The van der Waals surface area contributed by atoms with Crippen LogP contribution in [-0.4, -0.2) is 35.1 Å². The number of aliphatic carboxylic acids is 1. The molecule has 0 atom stereocenters. The van der Waals surface area contributed by atoms with Crippen molar-refractivity contribution in [3.8, 4) is 0 Å². The predicted octanol–water partition coefficient (Wildman–Crippen LogP) is 2.70. The van der Waals surface area contributed by atoms with Crippen molar-refractivity contribution in [1.29, 1.82) is 0 Å². The first kappa shape index (κ1) is 14.0. The Labute approximate surface area is 113 Å². The van der Waals surface area contributed by atoms with E-state index in [0.717, 1.165) is 12.8 Å². The molecule has 0 aromatic heterocycles. The van der Waals surface area contributed by atoms with Crippen LogP contribution >= 0.6 is 0 Å². The van der Waals surface area contributed by atoms with Crippen LogP contribution in [0.25, 0.3) is 0 Å². The molecule has 0 unspecified atom stereocenters. The monoisotopic (exact) mass is 265 g/mol. The van der Waals surface area contributed by atoms with E-state index in [2.05, 4.69) is 0 Å². The third-order valence-corrected chi connectivity index (χ3v) is 3.81. The quantitative estimate of drug-likeness (QED) is 0.859. The van der Waals surface area contributed by atoms with Crippen molar-refractivity contribution in [2.45, 2.75) is 38.1 Å². The molecular weight excluding hydrogens is 245 g/mol. The van der Waals surface area contributed by atoms with Crippen LogP contribution in [0.3, 0.4) is 0 Å². The maximum atomic E-state index is 13.5. The van der Waals surface area contributed by atoms with E-state index in [1.54, 1.807) is 12.1 Å². The third-order valence-electron chi connectivity index (χ3n) is 3.81. The number of hydrogen-bond acceptors (Lipinski definition) is 2. The van der Waals surface area contributed by atoms with Gasteiger partial charge in [0.2, 0.25) is 0 Å². The lowest BCUT2D eigenvalue weighted by Gasteiger charge is -2.27. The summed E-state index contributed by atoms with van der Waals surface area (Å²) < 4.78 is 13.5. The molecule has 0 spiro atoms. The molecule has 1 N–H and O–H groups in total. The Bertz CT molecular complexity index is 430. The molecule has 1 aliphatic carbocycles. The molecule has 1 aliphatic rings. The van der Waals surface area contributed by atoms with E-state index in [-0.39, 0.29) is 12.4 Å². The van der Waals surface area contributed by atoms with Crippen LogP contribution in [-0.2, 0) is 11.2 Å². The zero-order valence-electron chi connectivity index (χ0n) is 11.0. The summed E-state index contributed by atoms with van der Waals surface area (Å²) in [4.78, 5) is 12.9. The second-order valence-electron chi connectivity index (χ2n) is 5.14. The van der Waals surface area contributed by atoms with Gasteiger partial charge in [0.1, 0.15) is 5.82 Å². The molecule has 2 rings (SSSR count). The summed E-state index contributed by atoms with van der Waals surface area (Å²) in [7, 11) is 0. The molecule has 0 heterocycles. The lowest BCUT2D eigenvalue weighted by Crippen LogP contribution is -2.39.